The van der Waals surface area contributed by atoms with E-state index >= 15 is 0 Å². The second kappa shape index (κ2) is 4.23. The fourth-order valence-electron chi connectivity index (χ4n) is 0.792. The van der Waals surface area contributed by atoms with Gasteiger partial charge in [0, 0.05) is 11.3 Å². The van der Waals surface area contributed by atoms with Gasteiger partial charge < -0.3 is 0 Å². The van der Waals surface area contributed by atoms with E-state index in [1.54, 1.807) is 17.8 Å². The molecule has 0 aliphatic carbocycles. The topological polar surface area (TPSA) is 56.0 Å². The summed E-state index contributed by atoms with van der Waals surface area (Å²) in [5.74, 6) is 0. The van der Waals surface area contributed by atoms with E-state index in [2.05, 4.69) is 4.98 Å². The average Bonchev–Trinajstić information content (AvgIpc) is 2.04. The maximum Gasteiger partial charge on any atom is 0.287 e. The Morgan fingerprint density at radius 1 is 1.54 bits per heavy atom. The first kappa shape index (κ1) is 9.98. The minimum atomic E-state index is -0.448. The van der Waals surface area contributed by atoms with E-state index in [4.69, 9.17) is 0 Å². The van der Waals surface area contributed by atoms with Gasteiger partial charge in [-0.15, -0.1) is 11.8 Å². The van der Waals surface area contributed by atoms with Gasteiger partial charge in [-0.25, -0.2) is 4.98 Å². The molecule has 0 atom stereocenters. The van der Waals surface area contributed by atoms with Crippen LogP contribution in [-0.2, 0) is 0 Å². The lowest BCUT2D eigenvalue weighted by Crippen LogP contribution is -1.91. The molecule has 0 radical (unpaired) electrons. The predicted molar refractivity (Wildman–Crippen MR) is 51.9 cm³/mol. The first-order valence-electron chi connectivity index (χ1n) is 3.86. The van der Waals surface area contributed by atoms with E-state index < -0.39 is 4.92 Å². The summed E-state index contributed by atoms with van der Waals surface area (Å²) in [7, 11) is 0. The molecular formula is C8H10N2O2S. The number of pyridine rings is 1. The molecule has 0 N–H and O–H groups in total. The molecule has 5 heteroatoms. The predicted octanol–water partition coefficient (Wildman–Crippen LogP) is 2.49. The standard InChI is InChI=1S/C8H10N2O2S/c1-6(2)13-8-4-3-7(5-9-8)10(11)12/h3-6H,1-2H3. The maximum absolute atomic E-state index is 10.3. The Labute approximate surface area is 80.5 Å². The number of thioether (sulfide) groups is 1. The Bertz CT molecular complexity index is 298. The first-order valence-corrected chi connectivity index (χ1v) is 4.74. The number of nitro groups is 1. The minimum Gasteiger partial charge on any atom is -0.258 e. The van der Waals surface area contributed by atoms with Crippen molar-refractivity contribution in [2.45, 2.75) is 24.1 Å². The molecule has 13 heavy (non-hydrogen) atoms. The van der Waals surface area contributed by atoms with E-state index in [1.165, 1.54) is 12.3 Å². The summed E-state index contributed by atoms with van der Waals surface area (Å²) < 4.78 is 0. The highest BCUT2D eigenvalue weighted by molar-refractivity contribution is 7.99. The summed E-state index contributed by atoms with van der Waals surface area (Å²) in [6.45, 7) is 4.10. The van der Waals surface area contributed by atoms with Crippen LogP contribution in [0.3, 0.4) is 0 Å². The highest BCUT2D eigenvalue weighted by Crippen LogP contribution is 2.21. The van der Waals surface area contributed by atoms with Gasteiger partial charge in [0.05, 0.1) is 9.95 Å². The molecule has 1 rings (SSSR count). The van der Waals surface area contributed by atoms with Gasteiger partial charge in [-0.2, -0.15) is 0 Å². The van der Waals surface area contributed by atoms with E-state index in [1.807, 2.05) is 13.8 Å². The van der Waals surface area contributed by atoms with Crippen molar-refractivity contribution in [3.63, 3.8) is 0 Å². The zero-order chi connectivity index (χ0) is 9.84. The monoisotopic (exact) mass is 198 g/mol. The fraction of sp³-hybridized carbons (Fsp3) is 0.375. The third kappa shape index (κ3) is 3.02. The van der Waals surface area contributed by atoms with Crippen molar-refractivity contribution in [2.24, 2.45) is 0 Å². The van der Waals surface area contributed by atoms with Crippen LogP contribution in [0.5, 0.6) is 0 Å². The lowest BCUT2D eigenvalue weighted by atomic mass is 10.4. The zero-order valence-corrected chi connectivity index (χ0v) is 8.25. The van der Waals surface area contributed by atoms with Gasteiger partial charge in [-0.05, 0) is 6.07 Å². The number of aromatic nitrogens is 1. The molecule has 0 amide bonds. The van der Waals surface area contributed by atoms with Crippen molar-refractivity contribution < 1.29 is 4.92 Å². The molecule has 1 aromatic heterocycles. The largest absolute Gasteiger partial charge is 0.287 e. The van der Waals surface area contributed by atoms with Gasteiger partial charge in [-0.3, -0.25) is 10.1 Å². The highest BCUT2D eigenvalue weighted by Gasteiger charge is 2.06. The molecule has 1 aromatic rings. The van der Waals surface area contributed by atoms with Crippen LogP contribution in [0.1, 0.15) is 13.8 Å². The number of rotatable bonds is 3. The van der Waals surface area contributed by atoms with Crippen LogP contribution in [0.15, 0.2) is 23.4 Å². The third-order valence-electron chi connectivity index (χ3n) is 1.29. The van der Waals surface area contributed by atoms with Crippen LogP contribution in [-0.4, -0.2) is 15.2 Å². The molecule has 0 fully saturated rings. The molecule has 0 aliphatic heterocycles. The van der Waals surface area contributed by atoms with Crippen molar-refractivity contribution in [3.05, 3.63) is 28.4 Å². The van der Waals surface area contributed by atoms with Crippen molar-refractivity contribution in [3.8, 4) is 0 Å². The zero-order valence-electron chi connectivity index (χ0n) is 7.43. The number of nitrogens with zero attached hydrogens (tertiary/aromatic N) is 2. The van der Waals surface area contributed by atoms with Gasteiger partial charge in [0.25, 0.3) is 5.69 Å². The van der Waals surface area contributed by atoms with Gasteiger partial charge in [0.1, 0.15) is 6.20 Å². The van der Waals surface area contributed by atoms with E-state index in [0.717, 1.165) is 5.03 Å². The van der Waals surface area contributed by atoms with Crippen molar-refractivity contribution in [1.82, 2.24) is 4.98 Å². The number of hydrogen-bond donors (Lipinski definition) is 0. The summed E-state index contributed by atoms with van der Waals surface area (Å²) in [5, 5.41) is 11.6. The van der Waals surface area contributed by atoms with Crippen LogP contribution >= 0.6 is 11.8 Å². The second-order valence-electron chi connectivity index (χ2n) is 2.78. The molecule has 70 valence electrons. The van der Waals surface area contributed by atoms with Crippen LogP contribution in [0.2, 0.25) is 0 Å². The summed E-state index contributed by atoms with van der Waals surface area (Å²) >= 11 is 1.59. The van der Waals surface area contributed by atoms with Gasteiger partial charge in [0.2, 0.25) is 0 Å². The van der Waals surface area contributed by atoms with Crippen molar-refractivity contribution in [1.29, 1.82) is 0 Å². The summed E-state index contributed by atoms with van der Waals surface area (Å²) in [6, 6.07) is 3.14. The maximum atomic E-state index is 10.3. The molecule has 0 saturated carbocycles. The van der Waals surface area contributed by atoms with Crippen LogP contribution in [0, 0.1) is 10.1 Å². The van der Waals surface area contributed by atoms with E-state index in [0.29, 0.717) is 5.25 Å². The summed E-state index contributed by atoms with van der Waals surface area (Å²) in [4.78, 5) is 13.8. The molecule has 0 spiro atoms. The van der Waals surface area contributed by atoms with E-state index in [9.17, 15) is 10.1 Å². The lowest BCUT2D eigenvalue weighted by molar-refractivity contribution is -0.385. The lowest BCUT2D eigenvalue weighted by Gasteiger charge is -2.01. The molecule has 1 heterocycles. The van der Waals surface area contributed by atoms with Gasteiger partial charge >= 0.3 is 0 Å². The number of hydrogen-bond acceptors (Lipinski definition) is 4. The minimum absolute atomic E-state index is 0.0353. The Kier molecular flexibility index (Phi) is 3.25. The molecule has 4 nitrogen and oxygen atoms in total. The molecule has 0 unspecified atom stereocenters. The first-order chi connectivity index (χ1) is 6.09. The van der Waals surface area contributed by atoms with Crippen molar-refractivity contribution >= 4 is 17.4 Å². The molecule has 0 saturated heterocycles. The van der Waals surface area contributed by atoms with Crippen LogP contribution < -0.4 is 0 Å². The van der Waals surface area contributed by atoms with E-state index in [-0.39, 0.29) is 5.69 Å². The summed E-state index contributed by atoms with van der Waals surface area (Å²) in [5.41, 5.74) is 0.0353. The molecule has 0 bridgehead atoms. The fourth-order valence-corrected chi connectivity index (χ4v) is 1.53. The quantitative estimate of drug-likeness (QED) is 0.425. The molecular weight excluding hydrogens is 188 g/mol. The Morgan fingerprint density at radius 3 is 2.62 bits per heavy atom. The third-order valence-corrected chi connectivity index (χ3v) is 2.24. The van der Waals surface area contributed by atoms with Crippen LogP contribution in [0.4, 0.5) is 5.69 Å². The summed E-state index contributed by atoms with van der Waals surface area (Å²) in [6.07, 6.45) is 1.28. The smallest absolute Gasteiger partial charge is 0.258 e. The normalized spacial score (nSPS) is 10.4. The van der Waals surface area contributed by atoms with Crippen LogP contribution in [0.25, 0.3) is 0 Å². The Morgan fingerprint density at radius 2 is 2.23 bits per heavy atom. The Balaban J connectivity index is 2.75. The van der Waals surface area contributed by atoms with Gasteiger partial charge in [0.15, 0.2) is 0 Å². The highest BCUT2D eigenvalue weighted by atomic mass is 32.2. The van der Waals surface area contributed by atoms with Gasteiger partial charge in [-0.1, -0.05) is 13.8 Å². The second-order valence-corrected chi connectivity index (χ2v) is 4.38. The molecule has 0 aromatic carbocycles. The Hall–Kier alpha value is -1.10. The van der Waals surface area contributed by atoms with Crippen molar-refractivity contribution in [2.75, 3.05) is 0 Å². The SMILES string of the molecule is CC(C)Sc1ccc([N+](=O)[O-])cn1. The molecule has 0 aliphatic rings. The average molecular weight is 198 g/mol.